The number of ether oxygens (including phenoxy) is 3. The van der Waals surface area contributed by atoms with Gasteiger partial charge in [-0.1, -0.05) is 66.8 Å². The second-order valence-electron chi connectivity index (χ2n) is 35.6. The predicted molar refractivity (Wildman–Crippen MR) is 523 cm³/mol. The SMILES string of the molecule is CO[C@@]1(C(=O)Cc2ccc3[nH]nc(-c4cc5cnccc5o4)c3c2)CCN(CC(=O)N2CC=C(c3ccc(-c4ncccn4)cc3)CC2)C1.CO[C@@]1(C(=O)Cc2ccc3[nH]nc(-c4cc5cnccc5o4)c3c2)CCN(CC(=O)N2CC=C(c3nccs3)CC2)C1.CO[C@@]1(C(=O)Nc2ccc3[nH]nc(-c4ccc(F)cc4)c3c2)CCN(CC(=O)N2CC=C(c3ccc(-c4ncccn4)cc3F)CC2)C1. The first kappa shape index (κ1) is 91.7. The minimum atomic E-state index is -1.13. The Morgan fingerprint density at radius 3 is 1.38 bits per heavy atom. The number of halogens is 2. The van der Waals surface area contributed by atoms with Gasteiger partial charge >= 0.3 is 0 Å². The van der Waals surface area contributed by atoms with Gasteiger partial charge in [0.15, 0.2) is 40.3 Å². The van der Waals surface area contributed by atoms with Gasteiger partial charge in [0.1, 0.15) is 50.4 Å². The number of furan rings is 2. The summed E-state index contributed by atoms with van der Waals surface area (Å²) in [5.41, 5.74) is 12.5. The normalized spacial score (nSPS) is 18.7. The number of pyridine rings is 2. The van der Waals surface area contributed by atoms with Crippen molar-refractivity contribution < 1.29 is 60.6 Å². The van der Waals surface area contributed by atoms with Gasteiger partial charge in [0, 0.05) is 229 Å². The Balaban J connectivity index is 0.000000129. The van der Waals surface area contributed by atoms with E-state index in [1.165, 1.54) is 36.5 Å². The highest BCUT2D eigenvalue weighted by Gasteiger charge is 2.49. The number of H-pyrrole nitrogens is 3. The summed E-state index contributed by atoms with van der Waals surface area (Å²) in [6.45, 7) is 6.78. The van der Waals surface area contributed by atoms with Crippen molar-refractivity contribution in [2.75, 3.05) is 125 Å². The van der Waals surface area contributed by atoms with Crippen LogP contribution in [0, 0.1) is 11.6 Å². The lowest BCUT2D eigenvalue weighted by atomic mass is 9.91. The summed E-state index contributed by atoms with van der Waals surface area (Å²) < 4.78 is 58.2. The zero-order valence-corrected chi connectivity index (χ0v) is 77.4. The van der Waals surface area contributed by atoms with E-state index in [0.717, 1.165) is 106 Å². The number of aromatic nitrogens is 13. The number of hydrogen-bond donors (Lipinski definition) is 4. The number of aromatic amines is 3. The number of anilines is 1. The van der Waals surface area contributed by atoms with E-state index in [2.05, 4.69) is 95.1 Å². The predicted octanol–water partition coefficient (Wildman–Crippen LogP) is 15.0. The molecule has 6 aliphatic heterocycles. The molecule has 16 aromatic rings. The van der Waals surface area contributed by atoms with Crippen molar-refractivity contribution in [1.29, 1.82) is 0 Å². The van der Waals surface area contributed by atoms with Crippen LogP contribution in [-0.4, -0.2) is 266 Å². The third kappa shape index (κ3) is 19.6. The molecule has 0 bridgehead atoms. The molecule has 0 saturated carbocycles. The maximum Gasteiger partial charge on any atom is 0.258 e. The molecule has 31 nitrogen and oxygen atoms in total. The molecule has 10 aromatic heterocycles. The second kappa shape index (κ2) is 40.0. The molecule has 3 atom stereocenters. The third-order valence-corrected chi connectivity index (χ3v) is 28.1. The standard InChI is InChI=1S/C38H35N7O4.C36H33F2N7O3.C31H30N6O4S/c1-48-38(34(46)20-25-3-8-31-30(19-25)36(43-42-31)33-21-29-22-39-15-9-32(29)49-33)12-18-44(24-38)23-35(47)45-16-10-27(11-17-45)26-4-6-28(7-5-26)37-40-13-2-14-41-37;1-48-36(35(47)41-27-8-10-31-29(20-27)33(43-42-31)24-3-6-26(37)7-4-24)13-18-44(22-36)21-32(46)45-16-11-23(12-17-45)28-9-5-25(19-30(28)38)34-39-14-2-15-40-34;1-40-31(7-12-36(19-31)18-28(39)37-10-5-21(6-11-37)30-33-9-13-42-30)27(38)15-20-2-3-24-23(14-20)29(35-34-24)26-16-22-17-32-8-4-25(22)41-26/h2-10,13-15,19,21-22H,11-12,16-18,20,23-24H2,1H3,(H,42,43);2-11,14-15,19-20H,12-13,16-18,21-22H2,1H3,(H,41,47)(H,42,43);2-5,8-9,13-14,16-17H,6-7,10-12,15,18-19H2,1H3,(H,34,35)/t38-;36-;31-/m000/s1. The van der Waals surface area contributed by atoms with Crippen molar-refractivity contribution in [1.82, 2.24) is 94.9 Å². The number of nitrogens with one attached hydrogen (secondary N) is 4. The van der Waals surface area contributed by atoms with Crippen LogP contribution in [0.2, 0.25) is 0 Å². The Morgan fingerprint density at radius 1 is 0.446 bits per heavy atom. The molecule has 3 fully saturated rings. The molecule has 0 unspecified atom stereocenters. The molecule has 34 heteroatoms. The Kier molecular flexibility index (Phi) is 26.4. The highest BCUT2D eigenvalue weighted by atomic mass is 32.1. The number of thiazole rings is 1. The summed E-state index contributed by atoms with van der Waals surface area (Å²) >= 11 is 1.62. The van der Waals surface area contributed by atoms with Crippen LogP contribution in [0.4, 0.5) is 14.5 Å². The van der Waals surface area contributed by atoms with Gasteiger partial charge in [-0.2, -0.15) is 15.3 Å². The number of benzene rings is 6. The van der Waals surface area contributed by atoms with Crippen molar-refractivity contribution in [3.05, 3.63) is 276 Å². The fraction of sp³-hybridized carbons (Fsp3) is 0.276. The molecule has 0 radical (unpaired) electrons. The molecule has 6 aliphatic rings. The number of nitrogens with zero attached hydrogens (tertiary/aromatic N) is 16. The van der Waals surface area contributed by atoms with Gasteiger partial charge in [-0.05, 0) is 181 Å². The highest BCUT2D eigenvalue weighted by molar-refractivity contribution is 7.10. The van der Waals surface area contributed by atoms with Crippen LogP contribution in [-0.2, 0) is 55.8 Å². The molecule has 16 heterocycles. The molecule has 0 aliphatic carbocycles. The van der Waals surface area contributed by atoms with Gasteiger partial charge in [0.05, 0.1) is 41.9 Å². The summed E-state index contributed by atoms with van der Waals surface area (Å²) in [6.07, 6.45) is 25.6. The van der Waals surface area contributed by atoms with Crippen LogP contribution < -0.4 is 5.32 Å². The number of Topliss-reactive ketones (excluding diaryl/α,β-unsaturated/α-hetero) is 2. The highest BCUT2D eigenvalue weighted by Crippen LogP contribution is 2.40. The minimum absolute atomic E-state index is 0.000418. The van der Waals surface area contributed by atoms with Gasteiger partial charge < -0.3 is 43.1 Å². The van der Waals surface area contributed by atoms with Gasteiger partial charge in [0.2, 0.25) is 17.7 Å². The van der Waals surface area contributed by atoms with Crippen LogP contribution >= 0.6 is 11.3 Å². The number of fused-ring (bicyclic) bond motifs is 5. The zero-order valence-electron chi connectivity index (χ0n) is 76.6. The number of rotatable bonds is 25. The molecule has 22 rings (SSSR count). The van der Waals surface area contributed by atoms with Crippen LogP contribution in [0.15, 0.2) is 246 Å². The van der Waals surface area contributed by atoms with Crippen molar-refractivity contribution >= 4 is 124 Å². The number of amides is 4. The van der Waals surface area contributed by atoms with Crippen molar-refractivity contribution in [3.8, 4) is 56.9 Å². The first-order valence-electron chi connectivity index (χ1n) is 46.1. The lowest BCUT2D eigenvalue weighted by Gasteiger charge is -2.30. The van der Waals surface area contributed by atoms with Crippen LogP contribution in [0.5, 0.6) is 0 Å². The molecule has 139 heavy (non-hydrogen) atoms. The molecule has 3 saturated heterocycles. The Morgan fingerprint density at radius 2 is 0.899 bits per heavy atom. The number of methoxy groups -OCH3 is 3. The number of ketones is 2. The van der Waals surface area contributed by atoms with Gasteiger partial charge in [-0.25, -0.2) is 33.7 Å². The smallest absolute Gasteiger partial charge is 0.258 e. The quantitative estimate of drug-likeness (QED) is 0.0413. The average Bonchev–Trinajstić information content (AvgIpc) is 1.60. The van der Waals surface area contributed by atoms with Gasteiger partial charge in [-0.3, -0.25) is 68.7 Å². The maximum atomic E-state index is 15.1. The second-order valence-corrected chi connectivity index (χ2v) is 36.5. The van der Waals surface area contributed by atoms with Crippen LogP contribution in [0.3, 0.4) is 0 Å². The number of likely N-dealkylation sites (tertiary alicyclic amines) is 3. The summed E-state index contributed by atoms with van der Waals surface area (Å²) in [5, 5.41) is 32.8. The monoisotopic (exact) mass is 1880 g/mol. The minimum Gasteiger partial charge on any atom is -0.454 e. The van der Waals surface area contributed by atoms with E-state index in [9.17, 15) is 33.2 Å². The molecular weight excluding hydrogens is 1790 g/mol. The van der Waals surface area contributed by atoms with E-state index >= 15 is 4.39 Å². The van der Waals surface area contributed by atoms with Crippen LogP contribution in [0.1, 0.15) is 65.8 Å². The summed E-state index contributed by atoms with van der Waals surface area (Å²) in [7, 11) is 4.69. The fourth-order valence-electron chi connectivity index (χ4n) is 19.3. The van der Waals surface area contributed by atoms with E-state index < -0.39 is 16.8 Å². The Bertz CT molecular complexity index is 7330. The molecule has 0 spiro atoms. The van der Waals surface area contributed by atoms with Crippen molar-refractivity contribution in [2.45, 2.75) is 68.2 Å². The molecule has 704 valence electrons. The van der Waals surface area contributed by atoms with E-state index in [1.54, 1.807) is 122 Å². The lowest BCUT2D eigenvalue weighted by Crippen LogP contribution is -2.48. The average molecular weight is 1890 g/mol. The first-order chi connectivity index (χ1) is 67.8. The number of hydrogen-bond acceptors (Lipinski definition) is 25. The molecular formula is C105H98F2N20O11S. The Hall–Kier alpha value is -15.0. The van der Waals surface area contributed by atoms with E-state index in [-0.39, 0.29) is 85.9 Å². The maximum absolute atomic E-state index is 15.1. The number of carbonyl (C=O) groups is 6. The van der Waals surface area contributed by atoms with Gasteiger partial charge in [-0.15, -0.1) is 11.3 Å². The molecule has 4 N–H and O–H groups in total. The third-order valence-electron chi connectivity index (χ3n) is 27.2. The summed E-state index contributed by atoms with van der Waals surface area (Å²) in [4.78, 5) is 122. The summed E-state index contributed by atoms with van der Waals surface area (Å²) in [5.74, 6) is 1.53. The Labute approximate surface area is 800 Å². The van der Waals surface area contributed by atoms with E-state index in [0.29, 0.717) is 155 Å². The number of carbonyl (C=O) groups excluding carboxylic acids is 6. The topological polar surface area (TPSA) is 364 Å². The molecule has 6 aromatic carbocycles. The largest absolute Gasteiger partial charge is 0.454 e. The zero-order chi connectivity index (χ0) is 95.3. The van der Waals surface area contributed by atoms with E-state index in [1.807, 2.05) is 127 Å². The first-order valence-corrected chi connectivity index (χ1v) is 47.0. The van der Waals surface area contributed by atoms with Gasteiger partial charge in [0.25, 0.3) is 5.91 Å². The van der Waals surface area contributed by atoms with E-state index in [4.69, 9.17) is 23.0 Å². The fourth-order valence-corrected chi connectivity index (χ4v) is 20.0. The lowest BCUT2D eigenvalue weighted by molar-refractivity contribution is -0.140. The summed E-state index contributed by atoms with van der Waals surface area (Å²) in [6, 6.07) is 47.5. The van der Waals surface area contributed by atoms with Crippen molar-refractivity contribution in [3.63, 3.8) is 0 Å². The molecule has 4 amide bonds. The van der Waals surface area contributed by atoms with Crippen molar-refractivity contribution in [2.24, 2.45) is 0 Å². The van der Waals surface area contributed by atoms with Crippen LogP contribution in [0.25, 0.3) is 128 Å².